The second kappa shape index (κ2) is 7.39. The highest BCUT2D eigenvalue weighted by molar-refractivity contribution is 5.87. The Morgan fingerprint density at radius 1 is 1.25 bits per heavy atom. The number of primary amides is 1. The van der Waals surface area contributed by atoms with E-state index in [1.54, 1.807) is 0 Å². The first-order valence-corrected chi connectivity index (χ1v) is 5.74. The average Bonchev–Trinajstić information content (AvgIpc) is 2.36. The molecule has 0 saturated carbocycles. The Morgan fingerprint density at radius 3 is 2.35 bits per heavy atom. The van der Waals surface area contributed by atoms with Gasteiger partial charge in [-0.05, 0) is 17.7 Å². The third kappa shape index (κ3) is 5.61. The van der Waals surface area contributed by atoms with Crippen molar-refractivity contribution in [3.8, 4) is 5.75 Å². The van der Waals surface area contributed by atoms with Gasteiger partial charge in [0.05, 0.1) is 12.5 Å². The van der Waals surface area contributed by atoms with Crippen molar-refractivity contribution in [1.29, 1.82) is 0 Å². The number of carbonyl (C=O) groups excluding carboxylic acids is 2. The van der Waals surface area contributed by atoms with Gasteiger partial charge in [-0.25, -0.2) is 0 Å². The Bertz CT molecular complexity index is 466. The van der Waals surface area contributed by atoms with E-state index in [4.69, 9.17) is 11.5 Å². The first-order valence-electron chi connectivity index (χ1n) is 5.74. The summed E-state index contributed by atoms with van der Waals surface area (Å²) in [4.78, 5) is 22.1. The smallest absolute Gasteiger partial charge is 0.387 e. The number of carbonyl (C=O) groups is 2. The fourth-order valence-electron chi connectivity index (χ4n) is 1.42. The molecule has 0 spiro atoms. The SMILES string of the molecule is NC(=O)CC(N)C(=O)NCc1ccc(OC(F)F)cc1. The van der Waals surface area contributed by atoms with Gasteiger partial charge >= 0.3 is 6.61 Å². The van der Waals surface area contributed by atoms with Crippen LogP contribution in [0.1, 0.15) is 12.0 Å². The van der Waals surface area contributed by atoms with Crippen LogP contribution >= 0.6 is 0 Å². The predicted molar refractivity (Wildman–Crippen MR) is 66.7 cm³/mol. The van der Waals surface area contributed by atoms with E-state index < -0.39 is 24.5 Å². The molecule has 0 bridgehead atoms. The fourth-order valence-corrected chi connectivity index (χ4v) is 1.42. The number of nitrogens with one attached hydrogen (secondary N) is 1. The van der Waals surface area contributed by atoms with Crippen LogP contribution in [0.15, 0.2) is 24.3 Å². The summed E-state index contributed by atoms with van der Waals surface area (Å²) < 4.78 is 28.1. The summed E-state index contributed by atoms with van der Waals surface area (Å²) in [6.45, 7) is -2.73. The van der Waals surface area contributed by atoms with Crippen LogP contribution in [0.5, 0.6) is 5.75 Å². The van der Waals surface area contributed by atoms with Gasteiger partial charge in [-0.2, -0.15) is 8.78 Å². The topological polar surface area (TPSA) is 107 Å². The van der Waals surface area contributed by atoms with E-state index in [1.165, 1.54) is 24.3 Å². The van der Waals surface area contributed by atoms with E-state index in [9.17, 15) is 18.4 Å². The molecule has 5 N–H and O–H groups in total. The van der Waals surface area contributed by atoms with Crippen molar-refractivity contribution in [1.82, 2.24) is 5.32 Å². The minimum Gasteiger partial charge on any atom is -0.435 e. The van der Waals surface area contributed by atoms with Crippen molar-refractivity contribution in [3.05, 3.63) is 29.8 Å². The van der Waals surface area contributed by atoms with Gasteiger partial charge in [-0.3, -0.25) is 9.59 Å². The number of hydrogen-bond acceptors (Lipinski definition) is 4. The standard InChI is InChI=1S/C12H15F2N3O3/c13-12(14)20-8-3-1-7(2-4-8)6-17-11(19)9(15)5-10(16)18/h1-4,9,12H,5-6,15H2,(H2,16,18)(H,17,19). The highest BCUT2D eigenvalue weighted by Crippen LogP contribution is 2.14. The zero-order valence-corrected chi connectivity index (χ0v) is 10.5. The molecular formula is C12H15F2N3O3. The molecule has 0 aliphatic rings. The van der Waals surface area contributed by atoms with Gasteiger partial charge in [-0.15, -0.1) is 0 Å². The van der Waals surface area contributed by atoms with Crippen LogP contribution in [-0.4, -0.2) is 24.5 Å². The lowest BCUT2D eigenvalue weighted by Crippen LogP contribution is -2.42. The van der Waals surface area contributed by atoms with Crippen molar-refractivity contribution in [2.75, 3.05) is 0 Å². The predicted octanol–water partition coefficient (Wildman–Crippen LogP) is 0.107. The van der Waals surface area contributed by atoms with Gasteiger partial charge in [0, 0.05) is 6.54 Å². The Morgan fingerprint density at radius 2 is 1.85 bits per heavy atom. The van der Waals surface area contributed by atoms with E-state index in [-0.39, 0.29) is 18.7 Å². The third-order valence-corrected chi connectivity index (χ3v) is 2.37. The van der Waals surface area contributed by atoms with Gasteiger partial charge in [0.15, 0.2) is 0 Å². The van der Waals surface area contributed by atoms with Gasteiger partial charge in [-0.1, -0.05) is 12.1 Å². The summed E-state index contributed by atoms with van der Waals surface area (Å²) in [5, 5.41) is 2.50. The molecule has 1 rings (SSSR count). The molecule has 0 fully saturated rings. The van der Waals surface area contributed by atoms with E-state index in [0.717, 1.165) is 0 Å². The number of amides is 2. The fraction of sp³-hybridized carbons (Fsp3) is 0.333. The zero-order chi connectivity index (χ0) is 15.1. The number of halogens is 2. The maximum Gasteiger partial charge on any atom is 0.387 e. The van der Waals surface area contributed by atoms with Crippen LogP contribution in [0.4, 0.5) is 8.78 Å². The molecular weight excluding hydrogens is 272 g/mol. The van der Waals surface area contributed by atoms with Crippen LogP contribution < -0.4 is 21.5 Å². The highest BCUT2D eigenvalue weighted by atomic mass is 19.3. The molecule has 0 aliphatic carbocycles. The number of benzene rings is 1. The number of ether oxygens (including phenoxy) is 1. The summed E-state index contributed by atoms with van der Waals surface area (Å²) in [5.74, 6) is -1.15. The molecule has 1 unspecified atom stereocenters. The van der Waals surface area contributed by atoms with Crippen LogP contribution in [0.25, 0.3) is 0 Å². The molecule has 6 nitrogen and oxygen atoms in total. The van der Waals surface area contributed by atoms with Crippen molar-refractivity contribution < 1.29 is 23.1 Å². The van der Waals surface area contributed by atoms with Gasteiger partial charge in [0.25, 0.3) is 0 Å². The molecule has 0 radical (unpaired) electrons. The van der Waals surface area contributed by atoms with E-state index in [2.05, 4.69) is 10.1 Å². The lowest BCUT2D eigenvalue weighted by atomic mass is 10.2. The Labute approximate surface area is 114 Å². The van der Waals surface area contributed by atoms with Crippen molar-refractivity contribution in [2.45, 2.75) is 25.6 Å². The summed E-state index contributed by atoms with van der Waals surface area (Å²) in [6, 6.07) is 4.76. The van der Waals surface area contributed by atoms with Crippen LogP contribution in [0.2, 0.25) is 0 Å². The molecule has 0 aromatic heterocycles. The largest absolute Gasteiger partial charge is 0.435 e. The minimum absolute atomic E-state index is 0.0282. The Kier molecular flexibility index (Phi) is 5.85. The van der Waals surface area contributed by atoms with E-state index in [0.29, 0.717) is 5.56 Å². The van der Waals surface area contributed by atoms with Gasteiger partial charge in [0.2, 0.25) is 11.8 Å². The molecule has 8 heteroatoms. The van der Waals surface area contributed by atoms with Crippen molar-refractivity contribution in [3.63, 3.8) is 0 Å². The molecule has 1 aromatic rings. The Balaban J connectivity index is 2.45. The molecule has 20 heavy (non-hydrogen) atoms. The normalized spacial score (nSPS) is 12.0. The molecule has 1 atom stereocenters. The molecule has 110 valence electrons. The first-order chi connectivity index (χ1) is 9.38. The number of alkyl halides is 2. The lowest BCUT2D eigenvalue weighted by Gasteiger charge is -2.11. The van der Waals surface area contributed by atoms with E-state index in [1.807, 2.05) is 0 Å². The number of hydrogen-bond donors (Lipinski definition) is 3. The third-order valence-electron chi connectivity index (χ3n) is 2.37. The first kappa shape index (κ1) is 15.8. The van der Waals surface area contributed by atoms with Crippen LogP contribution in [-0.2, 0) is 16.1 Å². The molecule has 0 saturated heterocycles. The maximum absolute atomic E-state index is 11.9. The molecule has 0 aliphatic heterocycles. The summed E-state index contributed by atoms with van der Waals surface area (Å²) in [7, 11) is 0. The van der Waals surface area contributed by atoms with E-state index >= 15 is 0 Å². The van der Waals surface area contributed by atoms with Crippen LogP contribution in [0, 0.1) is 0 Å². The van der Waals surface area contributed by atoms with Crippen molar-refractivity contribution in [2.24, 2.45) is 11.5 Å². The second-order valence-corrected chi connectivity index (χ2v) is 4.02. The molecule has 1 aromatic carbocycles. The summed E-state index contributed by atoms with van der Waals surface area (Å²) in [5.41, 5.74) is 11.0. The minimum atomic E-state index is -2.88. The van der Waals surface area contributed by atoms with Crippen LogP contribution in [0.3, 0.4) is 0 Å². The number of nitrogens with two attached hydrogens (primary N) is 2. The quantitative estimate of drug-likeness (QED) is 0.661. The maximum atomic E-state index is 11.9. The summed E-state index contributed by atoms with van der Waals surface area (Å²) in [6.07, 6.45) is -0.243. The molecule has 0 heterocycles. The van der Waals surface area contributed by atoms with Gasteiger partial charge < -0.3 is 21.5 Å². The zero-order valence-electron chi connectivity index (χ0n) is 10.5. The molecule has 2 amide bonds. The highest BCUT2D eigenvalue weighted by Gasteiger charge is 2.15. The monoisotopic (exact) mass is 287 g/mol. The van der Waals surface area contributed by atoms with Crippen molar-refractivity contribution >= 4 is 11.8 Å². The lowest BCUT2D eigenvalue weighted by molar-refractivity contribution is -0.126. The van der Waals surface area contributed by atoms with Gasteiger partial charge in [0.1, 0.15) is 5.75 Å². The number of rotatable bonds is 7. The average molecular weight is 287 g/mol. The second-order valence-electron chi connectivity index (χ2n) is 4.02. The summed E-state index contributed by atoms with van der Waals surface area (Å²) >= 11 is 0. The Hall–Kier alpha value is -2.22.